The number of hydrogen-bond donors (Lipinski definition) is 1. The maximum absolute atomic E-state index is 13.1. The second-order valence-corrected chi connectivity index (χ2v) is 10.0. The Hall–Kier alpha value is -2.15. The first-order valence-corrected chi connectivity index (χ1v) is 12.7. The molecular weight excluding hydrogens is 478 g/mol. The molecular formula is C27H34BrN3O2. The van der Waals surface area contributed by atoms with Crippen molar-refractivity contribution < 1.29 is 9.53 Å². The molecule has 6 heteroatoms. The summed E-state index contributed by atoms with van der Waals surface area (Å²) >= 11 is 3.46. The van der Waals surface area contributed by atoms with Crippen LogP contribution in [0.3, 0.4) is 0 Å². The average Bonchev–Trinajstić information content (AvgIpc) is 3.19. The van der Waals surface area contributed by atoms with Gasteiger partial charge in [0.15, 0.2) is 0 Å². The number of amides is 1. The van der Waals surface area contributed by atoms with Gasteiger partial charge in [0.05, 0.1) is 0 Å². The van der Waals surface area contributed by atoms with Gasteiger partial charge in [0.2, 0.25) is 5.91 Å². The molecule has 33 heavy (non-hydrogen) atoms. The Morgan fingerprint density at radius 1 is 1.21 bits per heavy atom. The van der Waals surface area contributed by atoms with Crippen molar-refractivity contribution in [2.45, 2.75) is 50.6 Å². The second-order valence-electron chi connectivity index (χ2n) is 9.10. The molecule has 2 heterocycles. The first-order valence-electron chi connectivity index (χ1n) is 11.9. The van der Waals surface area contributed by atoms with Gasteiger partial charge in [0.25, 0.3) is 0 Å². The lowest BCUT2D eigenvalue weighted by molar-refractivity contribution is -0.132. The fourth-order valence-electron chi connectivity index (χ4n) is 4.98. The Morgan fingerprint density at radius 3 is 2.79 bits per heavy atom. The summed E-state index contributed by atoms with van der Waals surface area (Å²) < 4.78 is 8.78. The Labute approximate surface area is 205 Å². The van der Waals surface area contributed by atoms with E-state index in [4.69, 9.17) is 10.5 Å². The summed E-state index contributed by atoms with van der Waals surface area (Å²) in [6.07, 6.45) is 4.21. The zero-order chi connectivity index (χ0) is 23.2. The molecule has 0 aliphatic carbocycles. The van der Waals surface area contributed by atoms with E-state index in [1.807, 2.05) is 17.0 Å². The number of likely N-dealkylation sites (tertiary alicyclic amines) is 1. The number of carbonyl (C=O) groups is 1. The molecule has 1 aliphatic heterocycles. The molecule has 1 amide bonds. The lowest BCUT2D eigenvalue weighted by atomic mass is 9.93. The number of carbonyl (C=O) groups excluding carboxylic acids is 1. The maximum atomic E-state index is 13.1. The van der Waals surface area contributed by atoms with Crippen molar-refractivity contribution in [1.29, 1.82) is 0 Å². The Balaban J connectivity index is 1.43. The number of aryl methyl sites for hydroxylation is 1. The van der Waals surface area contributed by atoms with Crippen LogP contribution >= 0.6 is 15.9 Å². The topological polar surface area (TPSA) is 60.5 Å². The van der Waals surface area contributed by atoms with Crippen LogP contribution in [0.2, 0.25) is 0 Å². The molecule has 0 spiro atoms. The third kappa shape index (κ3) is 6.05. The Bertz CT molecular complexity index is 1060. The van der Waals surface area contributed by atoms with Gasteiger partial charge in [-0.15, -0.1) is 0 Å². The van der Waals surface area contributed by atoms with E-state index in [1.54, 1.807) is 7.11 Å². The van der Waals surface area contributed by atoms with Crippen LogP contribution in [0, 0.1) is 0 Å². The van der Waals surface area contributed by atoms with Crippen molar-refractivity contribution in [1.82, 2.24) is 9.47 Å². The van der Waals surface area contributed by atoms with E-state index < -0.39 is 0 Å². The number of nitrogens with zero attached hydrogens (tertiary/aromatic N) is 2. The van der Waals surface area contributed by atoms with E-state index in [9.17, 15) is 4.79 Å². The third-order valence-corrected chi connectivity index (χ3v) is 7.14. The SMILES string of the molecule is COCCCn1c(C2CCCN(C(=O)C[C@H](N)Cc3ccc(Br)cc3)C2)cc2ccccc21. The van der Waals surface area contributed by atoms with Gasteiger partial charge in [-0.05, 0) is 60.9 Å². The third-order valence-electron chi connectivity index (χ3n) is 6.61. The average molecular weight is 512 g/mol. The number of methoxy groups -OCH3 is 1. The molecule has 5 nitrogen and oxygen atoms in total. The van der Waals surface area contributed by atoms with Crippen LogP contribution in [0.4, 0.5) is 0 Å². The Morgan fingerprint density at radius 2 is 2.00 bits per heavy atom. The van der Waals surface area contributed by atoms with Crippen molar-refractivity contribution in [3.8, 4) is 0 Å². The molecule has 0 saturated carbocycles. The van der Waals surface area contributed by atoms with Crippen LogP contribution < -0.4 is 5.73 Å². The quantitative estimate of drug-likeness (QED) is 0.406. The summed E-state index contributed by atoms with van der Waals surface area (Å²) in [4.78, 5) is 15.1. The minimum atomic E-state index is -0.167. The molecule has 1 aromatic heterocycles. The molecule has 1 unspecified atom stereocenters. The predicted molar refractivity (Wildman–Crippen MR) is 137 cm³/mol. The van der Waals surface area contributed by atoms with Crippen LogP contribution in [0.1, 0.15) is 42.9 Å². The van der Waals surface area contributed by atoms with Crippen LogP contribution in [-0.4, -0.2) is 48.2 Å². The lowest BCUT2D eigenvalue weighted by Gasteiger charge is -2.34. The van der Waals surface area contributed by atoms with Gasteiger partial charge >= 0.3 is 0 Å². The number of ether oxygens (including phenoxy) is 1. The summed E-state index contributed by atoms with van der Waals surface area (Å²) in [5, 5.41) is 1.27. The Kier molecular flexibility index (Phi) is 8.23. The summed E-state index contributed by atoms with van der Waals surface area (Å²) in [6.45, 7) is 3.27. The molecule has 4 rings (SSSR count). The van der Waals surface area contributed by atoms with Gasteiger partial charge in [-0.2, -0.15) is 0 Å². The maximum Gasteiger partial charge on any atom is 0.224 e. The number of hydrogen-bond acceptors (Lipinski definition) is 3. The number of fused-ring (bicyclic) bond motifs is 1. The molecule has 1 saturated heterocycles. The van der Waals surface area contributed by atoms with E-state index in [0.29, 0.717) is 18.8 Å². The van der Waals surface area contributed by atoms with Gasteiger partial charge in [0.1, 0.15) is 0 Å². The smallest absolute Gasteiger partial charge is 0.224 e. The molecule has 0 bridgehead atoms. The molecule has 2 atom stereocenters. The summed E-state index contributed by atoms with van der Waals surface area (Å²) in [5.74, 6) is 0.520. The number of rotatable bonds is 9. The first-order chi connectivity index (χ1) is 16.0. The number of benzene rings is 2. The molecule has 0 radical (unpaired) electrons. The minimum absolute atomic E-state index is 0.167. The first kappa shape index (κ1) is 24.0. The van der Waals surface area contributed by atoms with Crippen LogP contribution in [-0.2, 0) is 22.5 Å². The highest BCUT2D eigenvalue weighted by Gasteiger charge is 2.28. The highest BCUT2D eigenvalue weighted by atomic mass is 79.9. The molecule has 3 aromatic rings. The van der Waals surface area contributed by atoms with Gasteiger partial charge in [0, 0.05) is 67.4 Å². The zero-order valence-electron chi connectivity index (χ0n) is 19.4. The molecule has 176 valence electrons. The van der Waals surface area contributed by atoms with Crippen LogP contribution in [0.5, 0.6) is 0 Å². The molecule has 1 fully saturated rings. The standard InChI is InChI=1S/C27H34BrN3O2/c1-33-15-5-14-31-25-8-3-2-6-21(25)17-26(31)22-7-4-13-30(19-22)27(32)18-24(29)16-20-9-11-23(28)12-10-20/h2-3,6,8-12,17,22,24H,4-5,7,13-16,18-19,29H2,1H3/t22?,24-/m1/s1. The van der Waals surface area contributed by atoms with Crippen molar-refractivity contribution in [3.05, 3.63) is 70.3 Å². The van der Waals surface area contributed by atoms with Gasteiger partial charge in [-0.3, -0.25) is 4.79 Å². The van der Waals surface area contributed by atoms with Crippen LogP contribution in [0.25, 0.3) is 10.9 Å². The van der Waals surface area contributed by atoms with E-state index in [-0.39, 0.29) is 11.9 Å². The fraction of sp³-hybridized carbons (Fsp3) is 0.444. The largest absolute Gasteiger partial charge is 0.385 e. The number of halogens is 1. The second kappa shape index (κ2) is 11.3. The van der Waals surface area contributed by atoms with Crippen molar-refractivity contribution in [2.75, 3.05) is 26.8 Å². The van der Waals surface area contributed by atoms with E-state index >= 15 is 0 Å². The number of nitrogens with two attached hydrogens (primary N) is 1. The number of aromatic nitrogens is 1. The number of piperidine rings is 1. The van der Waals surface area contributed by atoms with Crippen molar-refractivity contribution in [2.24, 2.45) is 5.73 Å². The van der Waals surface area contributed by atoms with E-state index in [2.05, 4.69) is 63.0 Å². The molecule has 2 aromatic carbocycles. The minimum Gasteiger partial charge on any atom is -0.385 e. The predicted octanol–water partition coefficient (Wildman–Crippen LogP) is 5.11. The summed E-state index contributed by atoms with van der Waals surface area (Å²) in [5.41, 5.74) is 10.1. The monoisotopic (exact) mass is 511 g/mol. The highest BCUT2D eigenvalue weighted by molar-refractivity contribution is 9.10. The highest BCUT2D eigenvalue weighted by Crippen LogP contribution is 2.32. The van der Waals surface area contributed by atoms with E-state index in [1.165, 1.54) is 16.6 Å². The molecule has 1 aliphatic rings. The van der Waals surface area contributed by atoms with Gasteiger partial charge in [-0.25, -0.2) is 0 Å². The molecule has 2 N–H and O–H groups in total. The number of para-hydroxylation sites is 1. The van der Waals surface area contributed by atoms with Gasteiger partial charge in [-0.1, -0.05) is 46.3 Å². The van der Waals surface area contributed by atoms with Crippen molar-refractivity contribution in [3.63, 3.8) is 0 Å². The fourth-order valence-corrected chi connectivity index (χ4v) is 5.24. The van der Waals surface area contributed by atoms with E-state index in [0.717, 1.165) is 55.5 Å². The summed E-state index contributed by atoms with van der Waals surface area (Å²) in [6, 6.07) is 18.9. The lowest BCUT2D eigenvalue weighted by Crippen LogP contribution is -2.42. The van der Waals surface area contributed by atoms with Crippen molar-refractivity contribution >= 4 is 32.7 Å². The van der Waals surface area contributed by atoms with Gasteiger partial charge < -0.3 is 19.9 Å². The summed E-state index contributed by atoms with van der Waals surface area (Å²) in [7, 11) is 1.75. The van der Waals surface area contributed by atoms with Crippen LogP contribution in [0.15, 0.2) is 59.1 Å². The normalized spacial score (nSPS) is 17.4. The zero-order valence-corrected chi connectivity index (χ0v) is 21.0.